The van der Waals surface area contributed by atoms with Crippen LogP contribution in [0.25, 0.3) is 10.9 Å². The summed E-state index contributed by atoms with van der Waals surface area (Å²) < 4.78 is 6.49. The van der Waals surface area contributed by atoms with E-state index in [9.17, 15) is 4.79 Å². The van der Waals surface area contributed by atoms with Crippen molar-refractivity contribution in [2.24, 2.45) is 0 Å². The Labute approximate surface area is 86.7 Å². The van der Waals surface area contributed by atoms with Crippen LogP contribution in [-0.4, -0.2) is 22.4 Å². The van der Waals surface area contributed by atoms with Crippen molar-refractivity contribution in [2.75, 3.05) is 6.61 Å². The summed E-state index contributed by atoms with van der Waals surface area (Å²) in [6.07, 6.45) is 0.543. The highest BCUT2D eigenvalue weighted by molar-refractivity contribution is 5.89. The molecule has 0 aliphatic heterocycles. The molecule has 1 N–H and O–H groups in total. The second kappa shape index (κ2) is 3.65. The maximum Gasteiger partial charge on any atom is 0.416 e. The molecule has 0 spiro atoms. The number of fused-ring (bicyclic) bond motifs is 1. The van der Waals surface area contributed by atoms with E-state index < -0.39 is 6.09 Å². The largest absolute Gasteiger partial charge is 0.494 e. The molecular weight excluding hydrogens is 194 g/mol. The van der Waals surface area contributed by atoms with Crippen molar-refractivity contribution in [2.45, 2.75) is 6.92 Å². The minimum atomic E-state index is -0.987. The van der Waals surface area contributed by atoms with Crippen LogP contribution in [0, 0.1) is 0 Å². The van der Waals surface area contributed by atoms with Gasteiger partial charge in [-0.1, -0.05) is 0 Å². The van der Waals surface area contributed by atoms with Crippen LogP contribution in [-0.2, 0) is 0 Å². The van der Waals surface area contributed by atoms with Gasteiger partial charge < -0.3 is 9.84 Å². The summed E-state index contributed by atoms with van der Waals surface area (Å²) in [7, 11) is 0. The van der Waals surface area contributed by atoms with Crippen LogP contribution in [0.15, 0.2) is 30.5 Å². The van der Waals surface area contributed by atoms with Crippen molar-refractivity contribution in [1.29, 1.82) is 0 Å². The van der Waals surface area contributed by atoms with Crippen LogP contribution in [0.4, 0.5) is 4.79 Å². The zero-order valence-corrected chi connectivity index (χ0v) is 8.30. The predicted octanol–water partition coefficient (Wildman–Crippen LogP) is 2.57. The van der Waals surface area contributed by atoms with Gasteiger partial charge >= 0.3 is 6.09 Å². The van der Waals surface area contributed by atoms with E-state index >= 15 is 0 Å². The average Bonchev–Trinajstić information content (AvgIpc) is 2.61. The lowest BCUT2D eigenvalue weighted by Crippen LogP contribution is -2.05. The molecule has 2 aromatic rings. The number of ether oxygens (including phenoxy) is 1. The first kappa shape index (κ1) is 9.58. The molecule has 4 heteroatoms. The van der Waals surface area contributed by atoms with Crippen molar-refractivity contribution in [3.05, 3.63) is 30.5 Å². The Morgan fingerprint density at radius 2 is 2.27 bits per heavy atom. The quantitative estimate of drug-likeness (QED) is 0.819. The van der Waals surface area contributed by atoms with E-state index in [1.54, 1.807) is 12.1 Å². The van der Waals surface area contributed by atoms with Gasteiger partial charge in [-0.2, -0.15) is 0 Å². The minimum absolute atomic E-state index is 0.569. The van der Waals surface area contributed by atoms with E-state index in [0.29, 0.717) is 17.9 Å². The molecule has 0 saturated carbocycles. The standard InChI is InChI=1S/C11H11NO3/c1-2-15-9-4-3-8-5-6-12(11(13)14)10(8)7-9/h3-7H,2H2,1H3,(H,13,14). The lowest BCUT2D eigenvalue weighted by atomic mass is 10.2. The van der Waals surface area contributed by atoms with Gasteiger partial charge in [0.1, 0.15) is 5.75 Å². The molecule has 78 valence electrons. The highest BCUT2D eigenvalue weighted by Gasteiger charge is 2.07. The Morgan fingerprint density at radius 1 is 1.47 bits per heavy atom. The third-order valence-electron chi connectivity index (χ3n) is 2.18. The first-order valence-electron chi connectivity index (χ1n) is 4.69. The number of rotatable bonds is 2. The third kappa shape index (κ3) is 1.66. The summed E-state index contributed by atoms with van der Waals surface area (Å²) in [5.74, 6) is 0.686. The molecule has 0 aliphatic rings. The van der Waals surface area contributed by atoms with Gasteiger partial charge in [-0.25, -0.2) is 4.79 Å². The van der Waals surface area contributed by atoms with Crippen LogP contribution < -0.4 is 4.74 Å². The smallest absolute Gasteiger partial charge is 0.416 e. The lowest BCUT2D eigenvalue weighted by Gasteiger charge is -2.03. The van der Waals surface area contributed by atoms with E-state index in [-0.39, 0.29) is 0 Å². The van der Waals surface area contributed by atoms with Crippen molar-refractivity contribution < 1.29 is 14.6 Å². The predicted molar refractivity (Wildman–Crippen MR) is 56.5 cm³/mol. The molecule has 1 heterocycles. The highest BCUT2D eigenvalue weighted by Crippen LogP contribution is 2.21. The second-order valence-corrected chi connectivity index (χ2v) is 3.12. The molecule has 0 radical (unpaired) electrons. The van der Waals surface area contributed by atoms with Gasteiger partial charge in [0.25, 0.3) is 0 Å². The van der Waals surface area contributed by atoms with Crippen LogP contribution in [0.5, 0.6) is 5.75 Å². The Kier molecular flexibility index (Phi) is 2.33. The topological polar surface area (TPSA) is 51.5 Å². The van der Waals surface area contributed by atoms with E-state index in [4.69, 9.17) is 9.84 Å². The lowest BCUT2D eigenvalue weighted by molar-refractivity contribution is 0.197. The monoisotopic (exact) mass is 205 g/mol. The molecule has 4 nitrogen and oxygen atoms in total. The summed E-state index contributed by atoms with van der Waals surface area (Å²) in [6.45, 7) is 2.46. The average molecular weight is 205 g/mol. The van der Waals surface area contributed by atoms with Crippen molar-refractivity contribution >= 4 is 17.0 Å². The SMILES string of the molecule is CCOc1ccc2ccn(C(=O)O)c2c1. The van der Waals surface area contributed by atoms with E-state index in [0.717, 1.165) is 5.39 Å². The summed E-state index contributed by atoms with van der Waals surface area (Å²) in [4.78, 5) is 10.9. The fourth-order valence-corrected chi connectivity index (χ4v) is 1.53. The molecule has 0 fully saturated rings. The van der Waals surface area contributed by atoms with Gasteiger partial charge in [-0.05, 0) is 25.1 Å². The summed E-state index contributed by atoms with van der Waals surface area (Å²) in [5, 5.41) is 9.80. The summed E-state index contributed by atoms with van der Waals surface area (Å²) in [5.41, 5.74) is 0.647. The van der Waals surface area contributed by atoms with E-state index in [1.165, 1.54) is 10.8 Å². The maximum absolute atomic E-state index is 10.9. The van der Waals surface area contributed by atoms with Crippen molar-refractivity contribution in [1.82, 2.24) is 4.57 Å². The molecule has 2 rings (SSSR count). The van der Waals surface area contributed by atoms with Gasteiger partial charge in [-0.3, -0.25) is 4.57 Å². The van der Waals surface area contributed by atoms with Gasteiger partial charge in [0.05, 0.1) is 12.1 Å². The first-order chi connectivity index (χ1) is 7.22. The van der Waals surface area contributed by atoms with Crippen LogP contribution in [0.1, 0.15) is 6.92 Å². The van der Waals surface area contributed by atoms with E-state index in [2.05, 4.69) is 0 Å². The molecular formula is C11H11NO3. The third-order valence-corrected chi connectivity index (χ3v) is 2.18. The molecule has 0 aliphatic carbocycles. The Morgan fingerprint density at radius 3 is 2.93 bits per heavy atom. The zero-order chi connectivity index (χ0) is 10.8. The number of carboxylic acid groups (broad SMARTS) is 1. The van der Waals surface area contributed by atoms with Gasteiger partial charge in [-0.15, -0.1) is 0 Å². The first-order valence-corrected chi connectivity index (χ1v) is 4.69. The second-order valence-electron chi connectivity index (χ2n) is 3.12. The zero-order valence-electron chi connectivity index (χ0n) is 8.30. The summed E-state index contributed by atoms with van der Waals surface area (Å²) >= 11 is 0. The molecule has 1 aromatic heterocycles. The van der Waals surface area contributed by atoms with Crippen molar-refractivity contribution in [3.8, 4) is 5.75 Å². The molecule has 1 aromatic carbocycles. The van der Waals surface area contributed by atoms with Crippen molar-refractivity contribution in [3.63, 3.8) is 0 Å². The molecule has 15 heavy (non-hydrogen) atoms. The van der Waals surface area contributed by atoms with Crippen LogP contribution in [0.3, 0.4) is 0 Å². The number of aromatic nitrogens is 1. The van der Waals surface area contributed by atoms with Gasteiger partial charge in [0.15, 0.2) is 0 Å². The van der Waals surface area contributed by atoms with Gasteiger partial charge in [0, 0.05) is 17.6 Å². The Bertz CT molecular complexity index is 502. The molecule has 0 saturated heterocycles. The normalized spacial score (nSPS) is 10.5. The summed E-state index contributed by atoms with van der Waals surface area (Å²) in [6, 6.07) is 7.17. The fraction of sp³-hybridized carbons (Fsp3) is 0.182. The number of benzene rings is 1. The van der Waals surface area contributed by atoms with Crippen LogP contribution >= 0.6 is 0 Å². The fourth-order valence-electron chi connectivity index (χ4n) is 1.53. The minimum Gasteiger partial charge on any atom is -0.494 e. The Hall–Kier alpha value is -1.97. The molecule has 0 amide bonds. The number of nitrogens with zero attached hydrogens (tertiary/aromatic N) is 1. The molecule has 0 bridgehead atoms. The number of hydrogen-bond acceptors (Lipinski definition) is 2. The Balaban J connectivity index is 2.56. The number of carbonyl (C=O) groups is 1. The molecule has 0 atom stereocenters. The van der Waals surface area contributed by atoms with Gasteiger partial charge in [0.2, 0.25) is 0 Å². The highest BCUT2D eigenvalue weighted by atomic mass is 16.5. The molecule has 0 unspecified atom stereocenters. The maximum atomic E-state index is 10.9. The van der Waals surface area contributed by atoms with E-state index in [1.807, 2.05) is 19.1 Å². The number of hydrogen-bond donors (Lipinski definition) is 1. The van der Waals surface area contributed by atoms with Crippen LogP contribution in [0.2, 0.25) is 0 Å².